The van der Waals surface area contributed by atoms with Crippen LogP contribution in [0.15, 0.2) is 16.6 Å². The van der Waals surface area contributed by atoms with E-state index in [9.17, 15) is 4.79 Å². The number of aryl methyl sites for hydroxylation is 1. The third-order valence-electron chi connectivity index (χ3n) is 1.46. The van der Waals surface area contributed by atoms with Gasteiger partial charge in [-0.05, 0) is 52.2 Å². The van der Waals surface area contributed by atoms with E-state index in [1.165, 1.54) is 0 Å². The second-order valence-corrected chi connectivity index (χ2v) is 3.96. The quantitative estimate of drug-likeness (QED) is 0.708. The van der Waals surface area contributed by atoms with Gasteiger partial charge in [0.25, 0.3) is 5.24 Å². The minimum atomic E-state index is -0.510. The van der Waals surface area contributed by atoms with Gasteiger partial charge in [-0.15, -0.1) is 0 Å². The van der Waals surface area contributed by atoms with Gasteiger partial charge in [0.1, 0.15) is 0 Å². The first-order valence-corrected chi connectivity index (χ1v) is 4.72. The lowest BCUT2D eigenvalue weighted by Gasteiger charge is -2.02. The number of hydrogen-bond donors (Lipinski definition) is 0. The van der Waals surface area contributed by atoms with Gasteiger partial charge in [-0.25, -0.2) is 0 Å². The van der Waals surface area contributed by atoms with Gasteiger partial charge >= 0.3 is 0 Å². The molecule has 1 rings (SSSR count). The second-order valence-electron chi connectivity index (χ2n) is 2.35. The second kappa shape index (κ2) is 3.77. The van der Waals surface area contributed by atoms with Crippen molar-refractivity contribution in [2.75, 3.05) is 0 Å². The summed E-state index contributed by atoms with van der Waals surface area (Å²) in [5.41, 5.74) is 1.30. The molecule has 0 unspecified atom stereocenters. The Morgan fingerprint density at radius 3 is 2.58 bits per heavy atom. The third-order valence-corrected chi connectivity index (χ3v) is 2.73. The van der Waals surface area contributed by atoms with Crippen LogP contribution in [0.2, 0.25) is 5.02 Å². The van der Waals surface area contributed by atoms with Crippen LogP contribution in [-0.2, 0) is 0 Å². The summed E-state index contributed by atoms with van der Waals surface area (Å²) >= 11 is 14.3. The fourth-order valence-electron chi connectivity index (χ4n) is 0.797. The Morgan fingerprint density at radius 2 is 2.08 bits per heavy atom. The van der Waals surface area contributed by atoms with Crippen molar-refractivity contribution in [2.24, 2.45) is 0 Å². The van der Waals surface area contributed by atoms with E-state index in [2.05, 4.69) is 15.9 Å². The Balaban J connectivity index is 3.33. The molecule has 4 heteroatoms. The van der Waals surface area contributed by atoms with Crippen LogP contribution in [0, 0.1) is 6.92 Å². The van der Waals surface area contributed by atoms with Crippen molar-refractivity contribution in [1.29, 1.82) is 0 Å². The first kappa shape index (κ1) is 10.0. The molecule has 0 aromatic heterocycles. The molecule has 1 nitrogen and oxygen atoms in total. The van der Waals surface area contributed by atoms with Crippen LogP contribution in [0.5, 0.6) is 0 Å². The maximum Gasteiger partial charge on any atom is 0.253 e. The summed E-state index contributed by atoms with van der Waals surface area (Å²) in [6.07, 6.45) is 0. The molecule has 0 fully saturated rings. The number of carbonyl (C=O) groups is 1. The summed E-state index contributed by atoms with van der Waals surface area (Å²) < 4.78 is 0.671. The van der Waals surface area contributed by atoms with Gasteiger partial charge in [-0.2, -0.15) is 0 Å². The van der Waals surface area contributed by atoms with Crippen molar-refractivity contribution in [3.05, 3.63) is 32.8 Å². The largest absolute Gasteiger partial charge is 0.276 e. The van der Waals surface area contributed by atoms with Crippen molar-refractivity contribution in [3.8, 4) is 0 Å². The Kier molecular flexibility index (Phi) is 3.16. The number of halogens is 3. The van der Waals surface area contributed by atoms with Gasteiger partial charge in [0.2, 0.25) is 0 Å². The highest BCUT2D eigenvalue weighted by molar-refractivity contribution is 9.10. The summed E-state index contributed by atoms with van der Waals surface area (Å²) in [4.78, 5) is 10.8. The lowest BCUT2D eigenvalue weighted by atomic mass is 10.2. The predicted octanol–water partition coefficient (Wildman–Crippen LogP) is 3.79. The molecule has 0 amide bonds. The normalized spacial score (nSPS) is 10.0. The van der Waals surface area contributed by atoms with Crippen molar-refractivity contribution >= 4 is 44.4 Å². The molecule has 0 saturated carbocycles. The van der Waals surface area contributed by atoms with E-state index in [0.29, 0.717) is 15.1 Å². The molecule has 0 bridgehead atoms. The van der Waals surface area contributed by atoms with E-state index < -0.39 is 5.24 Å². The van der Waals surface area contributed by atoms with E-state index in [1.54, 1.807) is 12.1 Å². The molecule has 12 heavy (non-hydrogen) atoms. The summed E-state index contributed by atoms with van der Waals surface area (Å²) in [5, 5.41) is 0.0333. The lowest BCUT2D eigenvalue weighted by molar-refractivity contribution is 0.108. The zero-order chi connectivity index (χ0) is 9.30. The molecule has 0 radical (unpaired) electrons. The average molecular weight is 268 g/mol. The minimum absolute atomic E-state index is 0.396. The molecule has 1 aromatic carbocycles. The molecule has 64 valence electrons. The highest BCUT2D eigenvalue weighted by Crippen LogP contribution is 2.26. The molecule has 1 aromatic rings. The summed E-state index contributed by atoms with van der Waals surface area (Å²) in [7, 11) is 0. The van der Waals surface area contributed by atoms with Crippen molar-refractivity contribution < 1.29 is 4.79 Å². The van der Waals surface area contributed by atoms with Gasteiger partial charge in [0.05, 0.1) is 0 Å². The van der Waals surface area contributed by atoms with Gasteiger partial charge in [-0.3, -0.25) is 4.79 Å². The fraction of sp³-hybridized carbons (Fsp3) is 0.125. The monoisotopic (exact) mass is 266 g/mol. The topological polar surface area (TPSA) is 17.1 Å². The highest BCUT2D eigenvalue weighted by Gasteiger charge is 2.09. The number of benzene rings is 1. The Bertz CT molecular complexity index is 336. The highest BCUT2D eigenvalue weighted by atomic mass is 79.9. The van der Waals surface area contributed by atoms with E-state index in [-0.39, 0.29) is 0 Å². The molecule has 0 spiro atoms. The summed E-state index contributed by atoms with van der Waals surface area (Å²) in [6.45, 7) is 1.86. The van der Waals surface area contributed by atoms with E-state index >= 15 is 0 Å². The Labute approximate surface area is 88.8 Å². The van der Waals surface area contributed by atoms with Gasteiger partial charge in [0.15, 0.2) is 0 Å². The lowest BCUT2D eigenvalue weighted by Crippen LogP contribution is -1.91. The molecule has 0 atom stereocenters. The zero-order valence-corrected chi connectivity index (χ0v) is 9.29. The van der Waals surface area contributed by atoms with Crippen molar-refractivity contribution in [1.82, 2.24) is 0 Å². The zero-order valence-electron chi connectivity index (χ0n) is 6.20. The van der Waals surface area contributed by atoms with E-state index in [1.807, 2.05) is 6.92 Å². The fourth-order valence-corrected chi connectivity index (χ4v) is 1.87. The first-order valence-electron chi connectivity index (χ1n) is 3.18. The Hall–Kier alpha value is -0.0500. The number of carbonyl (C=O) groups excluding carboxylic acids is 1. The van der Waals surface area contributed by atoms with Crippen LogP contribution >= 0.6 is 39.1 Å². The van der Waals surface area contributed by atoms with Gasteiger partial charge < -0.3 is 0 Å². The smallest absolute Gasteiger partial charge is 0.253 e. The maximum absolute atomic E-state index is 10.8. The molecular weight excluding hydrogens is 263 g/mol. The van der Waals surface area contributed by atoms with Crippen LogP contribution < -0.4 is 0 Å². The third kappa shape index (κ3) is 2.00. The van der Waals surface area contributed by atoms with Crippen LogP contribution in [-0.4, -0.2) is 5.24 Å². The van der Waals surface area contributed by atoms with Crippen molar-refractivity contribution in [2.45, 2.75) is 6.92 Å². The van der Waals surface area contributed by atoms with Crippen LogP contribution in [0.1, 0.15) is 15.9 Å². The number of hydrogen-bond acceptors (Lipinski definition) is 1. The first-order chi connectivity index (χ1) is 5.52. The molecule has 0 heterocycles. The summed E-state index contributed by atoms with van der Waals surface area (Å²) in [6, 6.07) is 3.31. The molecular formula is C8H5BrCl2O. The molecule has 0 aliphatic rings. The minimum Gasteiger partial charge on any atom is -0.276 e. The SMILES string of the molecule is Cc1cc(Br)c(C(=O)Cl)cc1Cl. The van der Waals surface area contributed by atoms with Crippen LogP contribution in [0.4, 0.5) is 0 Å². The predicted molar refractivity (Wildman–Crippen MR) is 54.1 cm³/mol. The molecule has 0 saturated heterocycles. The van der Waals surface area contributed by atoms with E-state index in [0.717, 1.165) is 5.56 Å². The molecule has 0 aliphatic heterocycles. The van der Waals surface area contributed by atoms with Gasteiger partial charge in [-0.1, -0.05) is 11.6 Å². The van der Waals surface area contributed by atoms with Gasteiger partial charge in [0, 0.05) is 15.1 Å². The molecule has 0 aliphatic carbocycles. The van der Waals surface area contributed by atoms with E-state index in [4.69, 9.17) is 23.2 Å². The van der Waals surface area contributed by atoms with Crippen LogP contribution in [0.25, 0.3) is 0 Å². The summed E-state index contributed by atoms with van der Waals surface area (Å²) in [5.74, 6) is 0. The average Bonchev–Trinajstić information content (AvgIpc) is 1.96. The molecule has 0 N–H and O–H groups in total. The maximum atomic E-state index is 10.8. The standard InChI is InChI=1S/C8H5BrCl2O/c1-4-2-6(9)5(8(11)12)3-7(4)10/h2-3H,1H3. The van der Waals surface area contributed by atoms with Crippen molar-refractivity contribution in [3.63, 3.8) is 0 Å². The van der Waals surface area contributed by atoms with Crippen LogP contribution in [0.3, 0.4) is 0 Å². The number of rotatable bonds is 1. The Morgan fingerprint density at radius 1 is 1.50 bits per heavy atom.